The molecule has 1 aromatic carbocycles. The summed E-state index contributed by atoms with van der Waals surface area (Å²) in [6.07, 6.45) is 0. The first-order valence-electron chi connectivity index (χ1n) is 8.23. The molecule has 136 valence electrons. The normalized spacial score (nSPS) is 19.6. The van der Waals surface area contributed by atoms with Crippen molar-refractivity contribution in [1.29, 1.82) is 0 Å². The van der Waals surface area contributed by atoms with Crippen molar-refractivity contribution < 1.29 is 14.4 Å². The van der Waals surface area contributed by atoms with Crippen LogP contribution < -0.4 is 10.6 Å². The van der Waals surface area contributed by atoms with Gasteiger partial charge in [0.15, 0.2) is 0 Å². The van der Waals surface area contributed by atoms with Gasteiger partial charge in [-0.15, -0.1) is 0 Å². The number of aryl methyl sites for hydroxylation is 2. The molecule has 2 aromatic rings. The van der Waals surface area contributed by atoms with E-state index < -0.39 is 23.4 Å². The lowest BCUT2D eigenvalue weighted by atomic mass is 9.92. The molecule has 1 aliphatic heterocycles. The van der Waals surface area contributed by atoms with E-state index in [-0.39, 0.29) is 6.54 Å². The second-order valence-electron chi connectivity index (χ2n) is 6.53. The van der Waals surface area contributed by atoms with Crippen LogP contribution in [0.25, 0.3) is 0 Å². The molecule has 1 saturated heterocycles. The molecular weight excluding hydrogens is 334 g/mol. The highest BCUT2D eigenvalue weighted by atomic mass is 16.2. The van der Waals surface area contributed by atoms with Crippen LogP contribution in [-0.2, 0) is 22.2 Å². The summed E-state index contributed by atoms with van der Waals surface area (Å²) in [5, 5.41) is 9.65. The van der Waals surface area contributed by atoms with E-state index in [9.17, 15) is 14.4 Å². The first kappa shape index (κ1) is 17.7. The number of urea groups is 1. The molecule has 2 heterocycles. The molecule has 1 aliphatic rings. The van der Waals surface area contributed by atoms with Gasteiger partial charge in [-0.2, -0.15) is 5.10 Å². The fraction of sp³-hybridized carbons (Fsp3) is 0.333. The molecular formula is C18H21N5O3. The Hall–Kier alpha value is -3.16. The monoisotopic (exact) mass is 355 g/mol. The van der Waals surface area contributed by atoms with Crippen molar-refractivity contribution in [2.24, 2.45) is 7.05 Å². The van der Waals surface area contributed by atoms with E-state index in [1.165, 1.54) is 0 Å². The smallest absolute Gasteiger partial charge is 0.321 e. The van der Waals surface area contributed by atoms with E-state index >= 15 is 0 Å². The van der Waals surface area contributed by atoms with E-state index in [4.69, 9.17) is 0 Å². The Morgan fingerprint density at radius 3 is 2.46 bits per heavy atom. The minimum absolute atomic E-state index is 0.360. The largest absolute Gasteiger partial charge is 0.325 e. The molecule has 26 heavy (non-hydrogen) atoms. The maximum absolute atomic E-state index is 12.8. The molecule has 8 heteroatoms. The van der Waals surface area contributed by atoms with Crippen molar-refractivity contribution in [3.05, 3.63) is 47.3 Å². The summed E-state index contributed by atoms with van der Waals surface area (Å²) in [4.78, 5) is 38.4. The van der Waals surface area contributed by atoms with Gasteiger partial charge in [0.2, 0.25) is 5.91 Å². The second kappa shape index (κ2) is 6.29. The highest BCUT2D eigenvalue weighted by Gasteiger charge is 2.49. The van der Waals surface area contributed by atoms with Gasteiger partial charge in [0, 0.05) is 7.05 Å². The number of hydrogen-bond donors (Lipinski definition) is 2. The molecule has 1 fully saturated rings. The predicted molar refractivity (Wildman–Crippen MR) is 95.4 cm³/mol. The van der Waals surface area contributed by atoms with E-state index in [1.54, 1.807) is 49.8 Å². The molecule has 0 spiro atoms. The SMILES string of the molecule is Cc1nn(C)c(C)c1NC(=O)CN1C(=O)N[C@@](C)(c2ccccc2)C1=O. The Labute approximate surface area is 151 Å². The van der Waals surface area contributed by atoms with Gasteiger partial charge in [-0.3, -0.25) is 19.2 Å². The van der Waals surface area contributed by atoms with Gasteiger partial charge in [-0.1, -0.05) is 30.3 Å². The van der Waals surface area contributed by atoms with Crippen molar-refractivity contribution in [1.82, 2.24) is 20.0 Å². The lowest BCUT2D eigenvalue weighted by molar-refractivity contribution is -0.133. The van der Waals surface area contributed by atoms with E-state index in [2.05, 4.69) is 15.7 Å². The summed E-state index contributed by atoms with van der Waals surface area (Å²) in [6, 6.07) is 8.37. The summed E-state index contributed by atoms with van der Waals surface area (Å²) in [5.41, 5.74) is 1.54. The van der Waals surface area contributed by atoms with Crippen molar-refractivity contribution in [2.75, 3.05) is 11.9 Å². The van der Waals surface area contributed by atoms with Crippen molar-refractivity contribution >= 4 is 23.5 Å². The fourth-order valence-electron chi connectivity index (χ4n) is 3.08. The van der Waals surface area contributed by atoms with Gasteiger partial charge >= 0.3 is 6.03 Å². The second-order valence-corrected chi connectivity index (χ2v) is 6.53. The molecule has 8 nitrogen and oxygen atoms in total. The molecule has 4 amide bonds. The topological polar surface area (TPSA) is 96.3 Å². The van der Waals surface area contributed by atoms with Gasteiger partial charge in [0.05, 0.1) is 17.1 Å². The zero-order chi connectivity index (χ0) is 19.1. The number of amides is 4. The van der Waals surface area contributed by atoms with Crippen LogP contribution >= 0.6 is 0 Å². The molecule has 3 rings (SSSR count). The number of carbonyl (C=O) groups is 3. The summed E-state index contributed by atoms with van der Waals surface area (Å²) in [7, 11) is 1.78. The number of nitrogens with zero attached hydrogens (tertiary/aromatic N) is 3. The lowest BCUT2D eigenvalue weighted by Crippen LogP contribution is -2.42. The van der Waals surface area contributed by atoms with Crippen molar-refractivity contribution in [2.45, 2.75) is 26.3 Å². The van der Waals surface area contributed by atoms with Gasteiger partial charge in [-0.25, -0.2) is 4.79 Å². The number of anilines is 1. The summed E-state index contributed by atoms with van der Waals surface area (Å²) in [5.74, 6) is -0.909. The highest BCUT2D eigenvalue weighted by Crippen LogP contribution is 2.28. The molecule has 0 unspecified atom stereocenters. The van der Waals surface area contributed by atoms with Gasteiger partial charge in [0.1, 0.15) is 12.1 Å². The molecule has 0 aliphatic carbocycles. The van der Waals surface area contributed by atoms with Crippen molar-refractivity contribution in [3.63, 3.8) is 0 Å². The number of benzene rings is 1. The van der Waals surface area contributed by atoms with Crippen LogP contribution in [-0.4, -0.2) is 39.1 Å². The number of aromatic nitrogens is 2. The molecule has 0 bridgehead atoms. The minimum atomic E-state index is -1.18. The summed E-state index contributed by atoms with van der Waals surface area (Å²) >= 11 is 0. The third-order valence-corrected chi connectivity index (χ3v) is 4.70. The summed E-state index contributed by atoms with van der Waals surface area (Å²) < 4.78 is 1.66. The van der Waals surface area contributed by atoms with E-state index in [0.29, 0.717) is 16.9 Å². The average molecular weight is 355 g/mol. The molecule has 2 N–H and O–H groups in total. The first-order chi connectivity index (χ1) is 12.2. The zero-order valence-corrected chi connectivity index (χ0v) is 15.2. The lowest BCUT2D eigenvalue weighted by Gasteiger charge is -2.22. The Balaban J connectivity index is 1.77. The third kappa shape index (κ3) is 2.83. The average Bonchev–Trinajstić information content (AvgIpc) is 2.97. The Bertz CT molecular complexity index is 890. The standard InChI is InChI=1S/C18H21N5O3/c1-11-15(12(2)22(4)21-11)19-14(24)10-23-16(25)18(3,20-17(23)26)13-8-6-5-7-9-13/h5-9H,10H2,1-4H3,(H,19,24)(H,20,26)/t18-/m0/s1. The van der Waals surface area contributed by atoms with Crippen LogP contribution in [0.15, 0.2) is 30.3 Å². The number of carbonyl (C=O) groups excluding carboxylic acids is 3. The van der Waals surface area contributed by atoms with Crippen LogP contribution in [0.3, 0.4) is 0 Å². The zero-order valence-electron chi connectivity index (χ0n) is 15.2. The molecule has 1 aromatic heterocycles. The van der Waals surface area contributed by atoms with Crippen LogP contribution in [0.4, 0.5) is 10.5 Å². The predicted octanol–water partition coefficient (Wildman–Crippen LogP) is 1.44. The van der Waals surface area contributed by atoms with Crippen LogP contribution in [0.1, 0.15) is 23.9 Å². The Morgan fingerprint density at radius 1 is 1.23 bits per heavy atom. The van der Waals surface area contributed by atoms with Gasteiger partial charge < -0.3 is 10.6 Å². The third-order valence-electron chi connectivity index (χ3n) is 4.70. The Kier molecular flexibility index (Phi) is 4.27. The van der Waals surface area contributed by atoms with Crippen LogP contribution in [0.5, 0.6) is 0 Å². The van der Waals surface area contributed by atoms with Crippen LogP contribution in [0.2, 0.25) is 0 Å². The quantitative estimate of drug-likeness (QED) is 0.811. The molecule has 0 radical (unpaired) electrons. The first-order valence-corrected chi connectivity index (χ1v) is 8.23. The Morgan fingerprint density at radius 2 is 1.88 bits per heavy atom. The number of imide groups is 1. The van der Waals surface area contributed by atoms with Gasteiger partial charge in [0.25, 0.3) is 5.91 Å². The minimum Gasteiger partial charge on any atom is -0.321 e. The van der Waals surface area contributed by atoms with E-state index in [0.717, 1.165) is 10.6 Å². The van der Waals surface area contributed by atoms with Crippen LogP contribution in [0, 0.1) is 13.8 Å². The van der Waals surface area contributed by atoms with Crippen molar-refractivity contribution in [3.8, 4) is 0 Å². The number of rotatable bonds is 4. The highest BCUT2D eigenvalue weighted by molar-refractivity contribution is 6.10. The number of nitrogens with one attached hydrogen (secondary N) is 2. The molecule has 1 atom stereocenters. The number of hydrogen-bond acceptors (Lipinski definition) is 4. The van der Waals surface area contributed by atoms with E-state index in [1.807, 2.05) is 13.0 Å². The van der Waals surface area contributed by atoms with Gasteiger partial charge in [-0.05, 0) is 26.3 Å². The fourth-order valence-corrected chi connectivity index (χ4v) is 3.08. The molecule has 0 saturated carbocycles. The maximum Gasteiger partial charge on any atom is 0.325 e. The summed E-state index contributed by atoms with van der Waals surface area (Å²) in [6.45, 7) is 4.88. The maximum atomic E-state index is 12.8.